The molecular weight excluding hydrogens is 246 g/mol. The van der Waals surface area contributed by atoms with Gasteiger partial charge >= 0.3 is 0 Å². The molecule has 19 heavy (non-hydrogen) atoms. The van der Waals surface area contributed by atoms with Crippen LogP contribution in [0.15, 0.2) is 6.33 Å². The number of fused-ring (bicyclic) bond motifs is 1. The van der Waals surface area contributed by atoms with Crippen molar-refractivity contribution in [3.8, 4) is 0 Å². The molecule has 0 radical (unpaired) electrons. The van der Waals surface area contributed by atoms with E-state index < -0.39 is 0 Å². The molecule has 0 bridgehead atoms. The minimum Gasteiger partial charge on any atom is -0.357 e. The molecule has 0 saturated carbocycles. The number of aromatic nitrogens is 4. The smallest absolute Gasteiger partial charge is 0.241 e. The highest BCUT2D eigenvalue weighted by Crippen LogP contribution is 2.21. The Morgan fingerprint density at radius 3 is 2.74 bits per heavy atom. The monoisotopic (exact) mass is 263 g/mol. The Kier molecular flexibility index (Phi) is 3.50. The average molecular weight is 263 g/mol. The van der Waals surface area contributed by atoms with E-state index in [2.05, 4.69) is 25.3 Å². The van der Waals surface area contributed by atoms with Crippen molar-refractivity contribution in [2.45, 2.75) is 0 Å². The molecule has 0 aromatic carbocycles. The summed E-state index contributed by atoms with van der Waals surface area (Å²) in [6.45, 7) is 0.237. The molecule has 0 aliphatic rings. The molecule has 0 spiro atoms. The number of carbonyl (C=O) groups excluding carboxylic acids is 1. The first kappa shape index (κ1) is 13.1. The van der Waals surface area contributed by atoms with Crippen molar-refractivity contribution < 1.29 is 4.79 Å². The molecular formula is C11H17N7O. The van der Waals surface area contributed by atoms with Crippen molar-refractivity contribution in [3.63, 3.8) is 0 Å². The van der Waals surface area contributed by atoms with E-state index in [-0.39, 0.29) is 12.5 Å². The Balaban J connectivity index is 2.37. The zero-order valence-electron chi connectivity index (χ0n) is 11.4. The fraction of sp³-hybridized carbons (Fsp3) is 0.455. The Bertz CT molecular complexity index is 592. The van der Waals surface area contributed by atoms with E-state index in [0.717, 1.165) is 0 Å². The van der Waals surface area contributed by atoms with Gasteiger partial charge in [-0.2, -0.15) is 9.97 Å². The van der Waals surface area contributed by atoms with Gasteiger partial charge in [-0.15, -0.1) is 0 Å². The minimum absolute atomic E-state index is 0.000199. The number of likely N-dealkylation sites (N-methyl/N-ethyl adjacent to an activating group) is 2. The first-order valence-electron chi connectivity index (χ1n) is 5.83. The van der Waals surface area contributed by atoms with Crippen LogP contribution in [0.25, 0.3) is 11.2 Å². The molecule has 0 saturated heterocycles. The topological polar surface area (TPSA) is 90.0 Å². The maximum absolute atomic E-state index is 11.8. The summed E-state index contributed by atoms with van der Waals surface area (Å²) in [5.41, 5.74) is 1.28. The largest absolute Gasteiger partial charge is 0.357 e. The van der Waals surface area contributed by atoms with Crippen LogP contribution in [-0.2, 0) is 4.79 Å². The molecule has 0 aliphatic heterocycles. The molecule has 0 unspecified atom stereocenters. The number of anilines is 2. The zero-order valence-corrected chi connectivity index (χ0v) is 11.4. The lowest BCUT2D eigenvalue weighted by Crippen LogP contribution is -2.35. The van der Waals surface area contributed by atoms with Gasteiger partial charge in [0.15, 0.2) is 11.5 Å². The molecule has 2 aromatic heterocycles. The molecule has 0 aliphatic carbocycles. The number of nitrogens with zero attached hydrogens (tertiary/aromatic N) is 5. The van der Waals surface area contributed by atoms with E-state index in [0.29, 0.717) is 22.9 Å². The number of hydrogen-bond donors (Lipinski definition) is 2. The lowest BCUT2D eigenvalue weighted by Gasteiger charge is -2.20. The van der Waals surface area contributed by atoms with E-state index in [4.69, 9.17) is 0 Å². The number of imidazole rings is 1. The molecule has 102 valence electrons. The third kappa shape index (κ3) is 2.56. The number of amides is 1. The minimum atomic E-state index is -0.000199. The third-order valence-electron chi connectivity index (χ3n) is 2.72. The average Bonchev–Trinajstić information content (AvgIpc) is 2.84. The number of hydrogen-bond acceptors (Lipinski definition) is 6. The van der Waals surface area contributed by atoms with Crippen LogP contribution in [0.1, 0.15) is 0 Å². The summed E-state index contributed by atoms with van der Waals surface area (Å²) in [4.78, 5) is 30.8. The van der Waals surface area contributed by atoms with Gasteiger partial charge < -0.3 is 20.1 Å². The van der Waals surface area contributed by atoms with Crippen LogP contribution in [0.2, 0.25) is 0 Å². The molecule has 2 rings (SSSR count). The third-order valence-corrected chi connectivity index (χ3v) is 2.72. The Hall–Kier alpha value is -2.38. The Labute approximate surface area is 110 Å². The van der Waals surface area contributed by atoms with Gasteiger partial charge in [0.05, 0.1) is 12.9 Å². The highest BCUT2D eigenvalue weighted by molar-refractivity contribution is 5.87. The normalized spacial score (nSPS) is 10.5. The molecule has 2 N–H and O–H groups in total. The van der Waals surface area contributed by atoms with Crippen molar-refractivity contribution >= 4 is 28.8 Å². The second-order valence-corrected chi connectivity index (χ2v) is 4.37. The number of carbonyl (C=O) groups is 1. The predicted molar refractivity (Wildman–Crippen MR) is 73.2 cm³/mol. The van der Waals surface area contributed by atoms with Crippen molar-refractivity contribution in [1.29, 1.82) is 0 Å². The predicted octanol–water partition coefficient (Wildman–Crippen LogP) is -0.0810. The van der Waals surface area contributed by atoms with Crippen molar-refractivity contribution in [1.82, 2.24) is 24.8 Å². The number of nitrogens with one attached hydrogen (secondary N) is 2. The summed E-state index contributed by atoms with van der Waals surface area (Å²) in [7, 11) is 6.99. The Morgan fingerprint density at radius 1 is 1.37 bits per heavy atom. The standard InChI is InChI=1S/C11H17N7O/c1-12-11-15-9-8(13-6-14-9)10(16-11)18(4)5-7(19)17(2)3/h6H,5H2,1-4H3,(H2,12,13,14,15,16). The van der Waals surface area contributed by atoms with Crippen molar-refractivity contribution in [3.05, 3.63) is 6.33 Å². The molecule has 8 heteroatoms. The highest BCUT2D eigenvalue weighted by Gasteiger charge is 2.16. The number of aromatic amines is 1. The molecule has 2 heterocycles. The summed E-state index contributed by atoms with van der Waals surface area (Å²) in [6.07, 6.45) is 1.56. The van der Waals surface area contributed by atoms with Crippen LogP contribution in [0, 0.1) is 0 Å². The second kappa shape index (κ2) is 5.09. The molecule has 0 fully saturated rings. The molecule has 1 amide bonds. The van der Waals surface area contributed by atoms with Gasteiger partial charge in [-0.1, -0.05) is 0 Å². The van der Waals surface area contributed by atoms with Gasteiger partial charge in [0, 0.05) is 28.2 Å². The van der Waals surface area contributed by atoms with Crippen LogP contribution < -0.4 is 10.2 Å². The lowest BCUT2D eigenvalue weighted by atomic mass is 10.4. The van der Waals surface area contributed by atoms with Gasteiger partial charge in [0.25, 0.3) is 0 Å². The van der Waals surface area contributed by atoms with Crippen LogP contribution >= 0.6 is 0 Å². The second-order valence-electron chi connectivity index (χ2n) is 4.37. The molecule has 0 atom stereocenters. The van der Waals surface area contributed by atoms with Gasteiger partial charge in [-0.25, -0.2) is 4.98 Å². The fourth-order valence-electron chi connectivity index (χ4n) is 1.63. The lowest BCUT2D eigenvalue weighted by molar-refractivity contribution is -0.127. The first-order valence-corrected chi connectivity index (χ1v) is 5.83. The number of rotatable bonds is 4. The van der Waals surface area contributed by atoms with Crippen molar-refractivity contribution in [2.24, 2.45) is 0 Å². The fourth-order valence-corrected chi connectivity index (χ4v) is 1.63. The maximum atomic E-state index is 11.8. The SMILES string of the molecule is CNc1nc(N(C)CC(=O)N(C)C)c2[nH]cnc2n1. The van der Waals surface area contributed by atoms with Gasteiger partial charge in [0.1, 0.15) is 5.52 Å². The van der Waals surface area contributed by atoms with E-state index in [1.165, 1.54) is 0 Å². The van der Waals surface area contributed by atoms with Crippen LogP contribution in [0.3, 0.4) is 0 Å². The van der Waals surface area contributed by atoms with E-state index in [1.807, 2.05) is 7.05 Å². The summed E-state index contributed by atoms with van der Waals surface area (Å²) < 4.78 is 0. The van der Waals surface area contributed by atoms with Gasteiger partial charge in [-0.05, 0) is 0 Å². The summed E-state index contributed by atoms with van der Waals surface area (Å²) in [5.74, 6) is 1.11. The summed E-state index contributed by atoms with van der Waals surface area (Å²) in [5, 5.41) is 2.88. The maximum Gasteiger partial charge on any atom is 0.241 e. The van der Waals surface area contributed by atoms with Crippen molar-refractivity contribution in [2.75, 3.05) is 45.0 Å². The van der Waals surface area contributed by atoms with E-state index >= 15 is 0 Å². The van der Waals surface area contributed by atoms with E-state index in [1.54, 1.807) is 37.3 Å². The van der Waals surface area contributed by atoms with Crippen LogP contribution in [0.4, 0.5) is 11.8 Å². The number of H-pyrrole nitrogens is 1. The van der Waals surface area contributed by atoms with Gasteiger partial charge in [0.2, 0.25) is 11.9 Å². The molecule has 2 aromatic rings. The first-order chi connectivity index (χ1) is 9.02. The Morgan fingerprint density at radius 2 is 2.11 bits per heavy atom. The summed E-state index contributed by atoms with van der Waals surface area (Å²) >= 11 is 0. The van der Waals surface area contributed by atoms with Gasteiger partial charge in [-0.3, -0.25) is 4.79 Å². The van der Waals surface area contributed by atoms with Crippen LogP contribution in [-0.4, -0.2) is 65.5 Å². The van der Waals surface area contributed by atoms with Crippen LogP contribution in [0.5, 0.6) is 0 Å². The van der Waals surface area contributed by atoms with E-state index in [9.17, 15) is 4.79 Å². The zero-order chi connectivity index (χ0) is 14.0. The quantitative estimate of drug-likeness (QED) is 0.802. The highest BCUT2D eigenvalue weighted by atomic mass is 16.2. The molecule has 8 nitrogen and oxygen atoms in total. The summed E-state index contributed by atoms with van der Waals surface area (Å²) in [6, 6.07) is 0.